The third-order valence-corrected chi connectivity index (χ3v) is 8.69. The topological polar surface area (TPSA) is 86.3 Å². The van der Waals surface area contributed by atoms with Crippen LogP contribution in [0.25, 0.3) is 22.6 Å². The van der Waals surface area contributed by atoms with Gasteiger partial charge in [-0.3, -0.25) is 9.78 Å². The number of imidazole rings is 1. The first-order chi connectivity index (χ1) is 18.8. The van der Waals surface area contributed by atoms with Crippen LogP contribution in [0.15, 0.2) is 48.8 Å². The van der Waals surface area contributed by atoms with E-state index in [9.17, 15) is 18.0 Å². The normalized spacial score (nSPS) is 13.2. The number of pyridine rings is 1. The number of rotatable bonds is 13. The third-order valence-electron chi connectivity index (χ3n) is 6.99. The molecule has 0 saturated carbocycles. The largest absolute Gasteiger partial charge is 0.492 e. The summed E-state index contributed by atoms with van der Waals surface area (Å²) in [6, 6.07) is 11.5. The molecule has 1 atom stereocenters. The average molecular weight is 578 g/mol. The van der Waals surface area contributed by atoms with Crippen LogP contribution < -0.4 is 4.74 Å². The minimum absolute atomic E-state index is 0.0394. The first-order valence-electron chi connectivity index (χ1n) is 13.3. The molecule has 1 N–H and O–H groups in total. The highest BCUT2D eigenvalue weighted by Crippen LogP contribution is 2.36. The number of aromatic nitrogens is 3. The first-order valence-corrected chi connectivity index (χ1v) is 17.0. The van der Waals surface area contributed by atoms with Crippen LogP contribution in [0, 0.1) is 5.41 Å². The van der Waals surface area contributed by atoms with Gasteiger partial charge in [0.05, 0.1) is 24.7 Å². The zero-order valence-corrected chi connectivity index (χ0v) is 24.9. The summed E-state index contributed by atoms with van der Waals surface area (Å²) in [6.45, 7) is 10.4. The second-order valence-corrected chi connectivity index (χ2v) is 16.6. The van der Waals surface area contributed by atoms with Gasteiger partial charge in [-0.1, -0.05) is 33.5 Å². The lowest BCUT2D eigenvalue weighted by Gasteiger charge is -2.28. The van der Waals surface area contributed by atoms with Crippen LogP contribution in [-0.2, 0) is 14.3 Å². The van der Waals surface area contributed by atoms with E-state index >= 15 is 0 Å². The Kier molecular flexibility index (Phi) is 10.2. The summed E-state index contributed by atoms with van der Waals surface area (Å²) >= 11 is 0. The van der Waals surface area contributed by atoms with E-state index in [0.717, 1.165) is 5.56 Å². The van der Waals surface area contributed by atoms with Crippen LogP contribution >= 0.6 is 0 Å². The Labute approximate surface area is 234 Å². The molecule has 0 aliphatic rings. The number of carbonyl (C=O) groups excluding carboxylic acids is 1. The van der Waals surface area contributed by atoms with E-state index in [1.54, 1.807) is 30.5 Å². The zero-order valence-electron chi connectivity index (χ0n) is 23.9. The molecule has 0 bridgehead atoms. The fraction of sp³-hybridized carbons (Fsp3) is 0.483. The van der Waals surface area contributed by atoms with Gasteiger partial charge in [-0.2, -0.15) is 13.2 Å². The molecule has 3 rings (SSSR count). The van der Waals surface area contributed by atoms with E-state index in [-0.39, 0.29) is 30.7 Å². The summed E-state index contributed by atoms with van der Waals surface area (Å²) in [5.41, 5.74) is 1.22. The maximum Gasteiger partial charge on any atom is 0.420 e. The van der Waals surface area contributed by atoms with Crippen molar-refractivity contribution in [1.82, 2.24) is 15.0 Å². The number of halogens is 3. The van der Waals surface area contributed by atoms with Gasteiger partial charge in [-0.25, -0.2) is 4.98 Å². The zero-order chi connectivity index (χ0) is 29.6. The average Bonchev–Trinajstić information content (AvgIpc) is 3.40. The highest BCUT2D eigenvalue weighted by Gasteiger charge is 2.43. The molecule has 1 unspecified atom stereocenters. The number of hydrogen-bond donors (Lipinski definition) is 1. The number of H-pyrrole nitrogens is 1. The molecule has 0 aliphatic carbocycles. The van der Waals surface area contributed by atoms with E-state index in [2.05, 4.69) is 34.6 Å². The first kappa shape index (κ1) is 31.3. The van der Waals surface area contributed by atoms with Crippen LogP contribution in [-0.4, -0.2) is 55.5 Å². The maximum atomic E-state index is 13.7. The van der Waals surface area contributed by atoms with Crippen molar-refractivity contribution in [1.29, 1.82) is 0 Å². The van der Waals surface area contributed by atoms with Gasteiger partial charge in [-0.15, -0.1) is 0 Å². The standard InChI is InChI=1S/C29H38F3N3O4Si/c1-7-28(8-2,27(36)37-3)19-39-22-12-9-20(10-13-22)23-14-11-21(17-33-23)26-34-18-24(35-26)25(29(30,31)32)38-15-16-40(4,5)6/h9-14,17-18,25H,7-8,15-16,19H2,1-6H3,(H,34,35). The van der Waals surface area contributed by atoms with Gasteiger partial charge < -0.3 is 19.2 Å². The summed E-state index contributed by atoms with van der Waals surface area (Å²) in [5.74, 6) is 0.609. The molecule has 40 heavy (non-hydrogen) atoms. The van der Waals surface area contributed by atoms with Crippen molar-refractivity contribution in [2.24, 2.45) is 5.41 Å². The van der Waals surface area contributed by atoms with Gasteiger partial charge in [0.25, 0.3) is 0 Å². The summed E-state index contributed by atoms with van der Waals surface area (Å²) in [4.78, 5) is 23.6. The van der Waals surface area contributed by atoms with Crippen LogP contribution in [0.5, 0.6) is 5.75 Å². The predicted octanol–water partition coefficient (Wildman–Crippen LogP) is 7.46. The molecule has 1 aromatic carbocycles. The number of nitrogens with one attached hydrogen (secondary N) is 1. The van der Waals surface area contributed by atoms with Crippen molar-refractivity contribution < 1.29 is 32.2 Å². The Balaban J connectivity index is 1.69. The Morgan fingerprint density at radius 3 is 2.15 bits per heavy atom. The quantitative estimate of drug-likeness (QED) is 0.168. The number of carbonyl (C=O) groups is 1. The fourth-order valence-corrected chi connectivity index (χ4v) is 4.86. The molecule has 2 heterocycles. The number of nitrogens with zero attached hydrogens (tertiary/aromatic N) is 2. The maximum absolute atomic E-state index is 13.7. The molecule has 2 aromatic heterocycles. The summed E-state index contributed by atoms with van der Waals surface area (Å²) in [6.07, 6.45) is -2.70. The molecule has 0 saturated heterocycles. The van der Waals surface area contributed by atoms with E-state index in [1.165, 1.54) is 13.3 Å². The second kappa shape index (κ2) is 13.0. The Morgan fingerprint density at radius 1 is 0.975 bits per heavy atom. The van der Waals surface area contributed by atoms with Crippen molar-refractivity contribution >= 4 is 14.0 Å². The lowest BCUT2D eigenvalue weighted by atomic mass is 9.83. The van der Waals surface area contributed by atoms with Gasteiger partial charge in [0.1, 0.15) is 23.6 Å². The van der Waals surface area contributed by atoms with Crippen LogP contribution in [0.4, 0.5) is 13.2 Å². The van der Waals surface area contributed by atoms with Crippen LogP contribution in [0.2, 0.25) is 25.7 Å². The monoisotopic (exact) mass is 577 g/mol. The Morgan fingerprint density at radius 2 is 1.62 bits per heavy atom. The smallest absolute Gasteiger partial charge is 0.420 e. The molecular weight excluding hydrogens is 539 g/mol. The molecule has 11 heteroatoms. The molecule has 0 aliphatic heterocycles. The van der Waals surface area contributed by atoms with Crippen molar-refractivity contribution in [2.75, 3.05) is 20.3 Å². The number of esters is 1. The lowest BCUT2D eigenvalue weighted by molar-refractivity contribution is -0.223. The van der Waals surface area contributed by atoms with Crippen LogP contribution in [0.3, 0.4) is 0 Å². The van der Waals surface area contributed by atoms with Gasteiger partial charge in [0.2, 0.25) is 0 Å². The Bertz CT molecular complexity index is 1240. The Hall–Kier alpha value is -3.18. The second-order valence-electron chi connectivity index (χ2n) is 11.0. The fourth-order valence-electron chi connectivity index (χ4n) is 4.13. The van der Waals surface area contributed by atoms with E-state index < -0.39 is 25.8 Å². The summed E-state index contributed by atoms with van der Waals surface area (Å²) < 4.78 is 57.2. The number of ether oxygens (including phenoxy) is 3. The molecule has 0 amide bonds. The number of hydrogen-bond acceptors (Lipinski definition) is 6. The lowest BCUT2D eigenvalue weighted by Crippen LogP contribution is -2.37. The van der Waals surface area contributed by atoms with E-state index in [0.29, 0.717) is 35.9 Å². The molecular formula is C29H38F3N3O4Si. The van der Waals surface area contributed by atoms with E-state index in [4.69, 9.17) is 14.2 Å². The third kappa shape index (κ3) is 7.94. The van der Waals surface area contributed by atoms with Gasteiger partial charge >= 0.3 is 12.1 Å². The summed E-state index contributed by atoms with van der Waals surface area (Å²) in [7, 11) is -0.160. The van der Waals surface area contributed by atoms with Crippen molar-refractivity contribution in [2.45, 2.75) is 64.7 Å². The van der Waals surface area contributed by atoms with E-state index in [1.807, 2.05) is 26.0 Å². The molecule has 0 radical (unpaired) electrons. The van der Waals surface area contributed by atoms with Crippen molar-refractivity contribution in [3.63, 3.8) is 0 Å². The van der Waals surface area contributed by atoms with Crippen LogP contribution in [0.1, 0.15) is 38.5 Å². The minimum Gasteiger partial charge on any atom is -0.492 e. The SMILES string of the molecule is CCC(CC)(COc1ccc(-c2ccc(-c3ncc(C(OCC[Si](C)(C)C)C(F)(F)F)[nH]3)cn2)cc1)C(=O)OC. The van der Waals surface area contributed by atoms with Gasteiger partial charge in [0.15, 0.2) is 6.10 Å². The predicted molar refractivity (Wildman–Crippen MR) is 151 cm³/mol. The highest BCUT2D eigenvalue weighted by molar-refractivity contribution is 6.76. The van der Waals surface area contributed by atoms with Crippen molar-refractivity contribution in [3.05, 3.63) is 54.5 Å². The number of alkyl halides is 3. The molecule has 0 spiro atoms. The highest BCUT2D eigenvalue weighted by atomic mass is 28.3. The van der Waals surface area contributed by atoms with Crippen molar-refractivity contribution in [3.8, 4) is 28.4 Å². The minimum atomic E-state index is -4.56. The number of aromatic amines is 1. The number of benzene rings is 1. The molecule has 3 aromatic rings. The van der Waals surface area contributed by atoms with Gasteiger partial charge in [0, 0.05) is 32.0 Å². The number of methoxy groups -OCH3 is 1. The van der Waals surface area contributed by atoms with Gasteiger partial charge in [-0.05, 0) is 55.3 Å². The molecule has 218 valence electrons. The summed E-state index contributed by atoms with van der Waals surface area (Å²) in [5, 5.41) is 0. The molecule has 0 fully saturated rings. The molecule has 7 nitrogen and oxygen atoms in total.